The number of nitrogens with zero attached hydrogens (tertiary/aromatic N) is 1. The molecule has 2 fully saturated rings. The fraction of sp³-hybridized carbons (Fsp3) is 0.400. The van der Waals surface area contributed by atoms with Crippen molar-refractivity contribution in [2.45, 2.75) is 64.2 Å². The van der Waals surface area contributed by atoms with Crippen LogP contribution in [-0.2, 0) is 15.9 Å². The van der Waals surface area contributed by atoms with E-state index in [9.17, 15) is 13.6 Å². The summed E-state index contributed by atoms with van der Waals surface area (Å²) >= 11 is 0. The number of benzene rings is 2. The van der Waals surface area contributed by atoms with Crippen LogP contribution in [0.5, 0.6) is 0 Å². The number of fused-ring (bicyclic) bond motifs is 1. The third kappa shape index (κ3) is 3.57. The summed E-state index contributed by atoms with van der Waals surface area (Å²) in [6.45, 7) is 7.77. The highest BCUT2D eigenvalue weighted by molar-refractivity contribution is 6.62. The maximum Gasteiger partial charge on any atom is 0.494 e. The lowest BCUT2D eigenvalue weighted by atomic mass is 9.78. The van der Waals surface area contributed by atoms with Crippen LogP contribution in [0.1, 0.15) is 57.6 Å². The van der Waals surface area contributed by atoms with Gasteiger partial charge in [-0.2, -0.15) is 0 Å². The monoisotopic (exact) mass is 437 g/mol. The normalized spacial score (nSPS) is 19.6. The molecule has 2 heterocycles. The molecule has 1 saturated carbocycles. The van der Waals surface area contributed by atoms with Gasteiger partial charge in [0.05, 0.1) is 23.1 Å². The van der Waals surface area contributed by atoms with Crippen molar-refractivity contribution in [3.8, 4) is 0 Å². The third-order valence-corrected chi connectivity index (χ3v) is 7.04. The molecular formula is C25H26BF2NO3. The molecular weight excluding hydrogens is 411 g/mol. The Morgan fingerprint density at radius 2 is 1.69 bits per heavy atom. The van der Waals surface area contributed by atoms with Crippen molar-refractivity contribution in [3.63, 3.8) is 0 Å². The van der Waals surface area contributed by atoms with Gasteiger partial charge in [0.15, 0.2) is 0 Å². The Balaban J connectivity index is 1.43. The van der Waals surface area contributed by atoms with Crippen molar-refractivity contribution in [2.24, 2.45) is 0 Å². The predicted molar refractivity (Wildman–Crippen MR) is 121 cm³/mol. The third-order valence-electron chi connectivity index (χ3n) is 7.04. The molecule has 5 rings (SSSR count). The lowest BCUT2D eigenvalue weighted by Gasteiger charge is -2.32. The smallest absolute Gasteiger partial charge is 0.399 e. The van der Waals surface area contributed by atoms with Gasteiger partial charge in [0.2, 0.25) is 0 Å². The van der Waals surface area contributed by atoms with Gasteiger partial charge < -0.3 is 13.9 Å². The van der Waals surface area contributed by atoms with Crippen molar-refractivity contribution in [2.75, 3.05) is 0 Å². The predicted octanol–water partition coefficient (Wildman–Crippen LogP) is 4.50. The Bertz CT molecular complexity index is 1260. The number of pyridine rings is 1. The first-order chi connectivity index (χ1) is 15.1. The van der Waals surface area contributed by atoms with Crippen LogP contribution >= 0.6 is 0 Å². The highest BCUT2D eigenvalue weighted by Crippen LogP contribution is 2.41. The van der Waals surface area contributed by atoms with Gasteiger partial charge in [0.1, 0.15) is 11.6 Å². The molecule has 0 unspecified atom stereocenters. The molecule has 0 atom stereocenters. The molecule has 3 aromatic rings. The van der Waals surface area contributed by atoms with E-state index in [1.807, 2.05) is 33.8 Å². The van der Waals surface area contributed by atoms with Gasteiger partial charge in [-0.15, -0.1) is 0 Å². The van der Waals surface area contributed by atoms with E-state index in [0.717, 1.165) is 18.4 Å². The highest BCUT2D eigenvalue weighted by Gasteiger charge is 2.51. The summed E-state index contributed by atoms with van der Waals surface area (Å²) in [6, 6.07) is 9.83. The zero-order chi connectivity index (χ0) is 22.8. The number of rotatable bonds is 4. The van der Waals surface area contributed by atoms with E-state index in [1.165, 1.54) is 16.7 Å². The zero-order valence-electron chi connectivity index (χ0n) is 18.7. The standard InChI is InChI=1S/C25H26BF2NO3/c1-24(2)25(3,4)32-26(31-24)19-8-7-17(20(27)13-19)14-29-10-9-16-11-18(15-5-6-15)12-21(28)22(16)23(29)30/h7-13,15H,5-6,14H2,1-4H3. The highest BCUT2D eigenvalue weighted by atomic mass is 19.1. The van der Waals surface area contributed by atoms with Crippen molar-refractivity contribution in [1.29, 1.82) is 0 Å². The minimum Gasteiger partial charge on any atom is -0.399 e. The Labute approximate surface area is 186 Å². The molecule has 0 amide bonds. The minimum atomic E-state index is -0.665. The van der Waals surface area contributed by atoms with Crippen molar-refractivity contribution in [1.82, 2.24) is 4.57 Å². The molecule has 0 radical (unpaired) electrons. The average molecular weight is 437 g/mol. The second-order valence-corrected chi connectivity index (χ2v) is 9.93. The fourth-order valence-corrected chi connectivity index (χ4v) is 4.17. The summed E-state index contributed by atoms with van der Waals surface area (Å²) in [4.78, 5) is 12.9. The second kappa shape index (κ2) is 7.25. The first-order valence-electron chi connectivity index (χ1n) is 11.0. The van der Waals surface area contributed by atoms with E-state index >= 15 is 0 Å². The molecule has 32 heavy (non-hydrogen) atoms. The van der Waals surface area contributed by atoms with E-state index in [-0.39, 0.29) is 11.9 Å². The van der Waals surface area contributed by atoms with Gasteiger partial charge >= 0.3 is 7.12 Å². The summed E-state index contributed by atoms with van der Waals surface area (Å²) in [5.74, 6) is -0.581. The lowest BCUT2D eigenvalue weighted by molar-refractivity contribution is 0.00578. The average Bonchev–Trinajstić information content (AvgIpc) is 3.52. The van der Waals surface area contributed by atoms with Crippen LogP contribution in [0.3, 0.4) is 0 Å². The summed E-state index contributed by atoms with van der Waals surface area (Å²) in [5.41, 5.74) is 0.355. The van der Waals surface area contributed by atoms with E-state index in [4.69, 9.17) is 9.31 Å². The molecule has 0 bridgehead atoms. The molecule has 1 aliphatic heterocycles. The van der Waals surface area contributed by atoms with E-state index in [0.29, 0.717) is 22.3 Å². The van der Waals surface area contributed by atoms with Crippen molar-refractivity contribution < 1.29 is 18.1 Å². The molecule has 0 N–H and O–H groups in total. The fourth-order valence-electron chi connectivity index (χ4n) is 4.17. The molecule has 166 valence electrons. The number of hydrogen-bond acceptors (Lipinski definition) is 3. The number of hydrogen-bond donors (Lipinski definition) is 0. The van der Waals surface area contributed by atoms with Crippen LogP contribution in [0, 0.1) is 11.6 Å². The topological polar surface area (TPSA) is 40.5 Å². The van der Waals surface area contributed by atoms with E-state index < -0.39 is 35.5 Å². The molecule has 0 spiro atoms. The Kier molecular flexibility index (Phi) is 4.84. The second-order valence-electron chi connectivity index (χ2n) is 9.93. The molecule has 2 aliphatic rings. The summed E-state index contributed by atoms with van der Waals surface area (Å²) in [5, 5.41) is 0.635. The summed E-state index contributed by atoms with van der Waals surface area (Å²) in [6.07, 6.45) is 3.72. The van der Waals surface area contributed by atoms with Crippen LogP contribution in [0.2, 0.25) is 0 Å². The molecule has 2 aromatic carbocycles. The van der Waals surface area contributed by atoms with Crippen LogP contribution < -0.4 is 11.0 Å². The largest absolute Gasteiger partial charge is 0.494 e. The van der Waals surface area contributed by atoms with Gasteiger partial charge in [0.25, 0.3) is 5.56 Å². The maximum absolute atomic E-state index is 14.9. The van der Waals surface area contributed by atoms with Gasteiger partial charge in [-0.25, -0.2) is 8.78 Å². The quantitative estimate of drug-likeness (QED) is 0.565. The summed E-state index contributed by atoms with van der Waals surface area (Å²) < 4.78 is 43.0. The van der Waals surface area contributed by atoms with E-state index in [2.05, 4.69) is 0 Å². The maximum atomic E-state index is 14.9. The van der Waals surface area contributed by atoms with E-state index in [1.54, 1.807) is 24.4 Å². The SMILES string of the molecule is CC1(C)OB(c2ccc(Cn3ccc4cc(C5CC5)cc(F)c4c3=O)c(F)c2)OC1(C)C. The Morgan fingerprint density at radius 1 is 1.00 bits per heavy atom. The first-order valence-corrected chi connectivity index (χ1v) is 11.0. The zero-order valence-corrected chi connectivity index (χ0v) is 18.7. The van der Waals surface area contributed by atoms with Gasteiger partial charge in [0, 0.05) is 11.8 Å². The van der Waals surface area contributed by atoms with Crippen LogP contribution in [-0.4, -0.2) is 22.9 Å². The Hall–Kier alpha value is -2.51. The lowest BCUT2D eigenvalue weighted by Crippen LogP contribution is -2.41. The summed E-state index contributed by atoms with van der Waals surface area (Å²) in [7, 11) is -0.665. The molecule has 1 aromatic heterocycles. The van der Waals surface area contributed by atoms with Gasteiger partial charge in [-0.05, 0) is 81.1 Å². The molecule has 4 nitrogen and oxygen atoms in total. The molecule has 1 aliphatic carbocycles. The number of aromatic nitrogens is 1. The van der Waals surface area contributed by atoms with Crippen molar-refractivity contribution in [3.05, 3.63) is 75.7 Å². The Morgan fingerprint density at radius 3 is 2.31 bits per heavy atom. The van der Waals surface area contributed by atoms with Gasteiger partial charge in [-0.3, -0.25) is 4.79 Å². The van der Waals surface area contributed by atoms with Crippen molar-refractivity contribution >= 4 is 23.4 Å². The first kappa shape index (κ1) is 21.3. The van der Waals surface area contributed by atoms with Crippen LogP contribution in [0.15, 0.2) is 47.4 Å². The minimum absolute atomic E-state index is 0.00801. The molecule has 7 heteroatoms. The van der Waals surface area contributed by atoms with Crippen LogP contribution in [0.4, 0.5) is 8.78 Å². The molecule has 1 saturated heterocycles. The van der Waals surface area contributed by atoms with Gasteiger partial charge in [-0.1, -0.05) is 18.2 Å². The van der Waals surface area contributed by atoms with Crippen LogP contribution in [0.25, 0.3) is 10.8 Å². The number of halogens is 2.